The average molecular weight is 381 g/mol. The number of aryl methyl sites for hydroxylation is 1. The molecule has 24 heavy (non-hydrogen) atoms. The maximum atomic E-state index is 6.47. The summed E-state index contributed by atoms with van der Waals surface area (Å²) in [5.74, 6) is 2.34. The van der Waals surface area contributed by atoms with Crippen LogP contribution in [0.1, 0.15) is 38.3 Å². The van der Waals surface area contributed by atoms with Gasteiger partial charge in [-0.25, -0.2) is 0 Å². The molecule has 1 unspecified atom stereocenters. The summed E-state index contributed by atoms with van der Waals surface area (Å²) in [4.78, 5) is 1.16. The van der Waals surface area contributed by atoms with E-state index in [4.69, 9.17) is 23.2 Å². The lowest BCUT2D eigenvalue weighted by molar-refractivity contribution is 0.586. The predicted molar refractivity (Wildman–Crippen MR) is 110 cm³/mol. The van der Waals surface area contributed by atoms with Gasteiger partial charge in [0.05, 0.1) is 5.02 Å². The van der Waals surface area contributed by atoms with Gasteiger partial charge in [0.25, 0.3) is 0 Å². The molecule has 0 aliphatic rings. The summed E-state index contributed by atoms with van der Waals surface area (Å²) in [6, 6.07) is 14.6. The van der Waals surface area contributed by atoms with Crippen LogP contribution in [0.25, 0.3) is 0 Å². The van der Waals surface area contributed by atoms with E-state index in [0.717, 1.165) is 33.5 Å². The van der Waals surface area contributed by atoms with Crippen LogP contribution in [-0.2, 0) is 12.8 Å². The Morgan fingerprint density at radius 3 is 2.38 bits per heavy atom. The van der Waals surface area contributed by atoms with Crippen molar-refractivity contribution in [3.05, 3.63) is 63.6 Å². The Morgan fingerprint density at radius 2 is 1.71 bits per heavy atom. The molecule has 0 bridgehead atoms. The van der Waals surface area contributed by atoms with Gasteiger partial charge in [0.15, 0.2) is 0 Å². The summed E-state index contributed by atoms with van der Waals surface area (Å²) < 4.78 is 0. The van der Waals surface area contributed by atoms with Crippen molar-refractivity contribution < 1.29 is 0 Å². The highest BCUT2D eigenvalue weighted by atomic mass is 35.5. The normalized spacial score (nSPS) is 12.6. The quantitative estimate of drug-likeness (QED) is 0.425. The molecule has 2 rings (SSSR count). The molecule has 0 saturated carbocycles. The fourth-order valence-electron chi connectivity index (χ4n) is 2.62. The van der Waals surface area contributed by atoms with Crippen molar-refractivity contribution in [3.63, 3.8) is 0 Å². The van der Waals surface area contributed by atoms with Gasteiger partial charge in [0.2, 0.25) is 0 Å². The molecule has 0 aliphatic carbocycles. The van der Waals surface area contributed by atoms with Crippen molar-refractivity contribution in [2.24, 2.45) is 11.8 Å². The lowest BCUT2D eigenvalue weighted by Crippen LogP contribution is -2.03. The van der Waals surface area contributed by atoms with Crippen molar-refractivity contribution in [2.75, 3.05) is 5.75 Å². The van der Waals surface area contributed by atoms with E-state index in [0.29, 0.717) is 11.8 Å². The molecule has 2 aromatic rings. The second-order valence-electron chi connectivity index (χ2n) is 6.91. The second kappa shape index (κ2) is 9.75. The van der Waals surface area contributed by atoms with E-state index >= 15 is 0 Å². The molecule has 1 atom stereocenters. The molecule has 0 heterocycles. The minimum Gasteiger partial charge on any atom is -0.124 e. The highest BCUT2D eigenvalue weighted by Gasteiger charge is 2.09. The largest absolute Gasteiger partial charge is 0.124 e. The van der Waals surface area contributed by atoms with Gasteiger partial charge in [-0.15, -0.1) is 11.8 Å². The Hall–Kier alpha value is -0.630. The first-order valence-electron chi connectivity index (χ1n) is 8.60. The maximum absolute atomic E-state index is 6.47. The summed E-state index contributed by atoms with van der Waals surface area (Å²) in [5, 5.41) is 1.76. The van der Waals surface area contributed by atoms with Gasteiger partial charge in [0, 0.05) is 15.7 Å². The molecule has 0 spiro atoms. The van der Waals surface area contributed by atoms with Crippen LogP contribution >= 0.6 is 35.0 Å². The number of hydrogen-bond acceptors (Lipinski definition) is 1. The van der Waals surface area contributed by atoms with Crippen LogP contribution in [0, 0.1) is 11.8 Å². The first-order valence-corrected chi connectivity index (χ1v) is 10.3. The van der Waals surface area contributed by atoms with Gasteiger partial charge in [-0.3, -0.25) is 0 Å². The maximum Gasteiger partial charge on any atom is 0.0541 e. The van der Waals surface area contributed by atoms with E-state index in [9.17, 15) is 0 Å². The van der Waals surface area contributed by atoms with Gasteiger partial charge in [0.1, 0.15) is 0 Å². The standard InChI is InChI=1S/C21H26Cl2S/c1-15(2)8-10-18-11-9-17(13-20(18)23)12-16(3)14-24-21-7-5-4-6-19(21)22/h4-7,9,11,13,15-16H,8,10,12,14H2,1-3H3. The Balaban J connectivity index is 1.88. The third kappa shape index (κ3) is 6.35. The first-order chi connectivity index (χ1) is 11.5. The molecular formula is C21H26Cl2S. The topological polar surface area (TPSA) is 0 Å². The number of hydrogen-bond donors (Lipinski definition) is 0. The molecule has 130 valence electrons. The van der Waals surface area contributed by atoms with E-state index in [1.54, 1.807) is 0 Å². The van der Waals surface area contributed by atoms with Gasteiger partial charge >= 0.3 is 0 Å². The molecule has 3 heteroatoms. The second-order valence-corrected chi connectivity index (χ2v) is 8.79. The fourth-order valence-corrected chi connectivity index (χ4v) is 4.18. The molecule has 0 aliphatic heterocycles. The van der Waals surface area contributed by atoms with Crippen molar-refractivity contribution in [2.45, 2.75) is 44.9 Å². The van der Waals surface area contributed by atoms with Crippen molar-refractivity contribution in [3.8, 4) is 0 Å². The Kier molecular flexibility index (Phi) is 8.00. The summed E-state index contributed by atoms with van der Waals surface area (Å²) in [6.07, 6.45) is 3.29. The van der Waals surface area contributed by atoms with E-state index in [1.165, 1.54) is 17.5 Å². The lowest BCUT2D eigenvalue weighted by Gasteiger charge is -2.13. The number of thioether (sulfide) groups is 1. The minimum atomic E-state index is 0.573. The van der Waals surface area contributed by atoms with E-state index in [1.807, 2.05) is 30.0 Å². The number of halogens is 2. The zero-order valence-electron chi connectivity index (χ0n) is 14.7. The van der Waals surface area contributed by atoms with Crippen LogP contribution in [0.3, 0.4) is 0 Å². The van der Waals surface area contributed by atoms with Crippen LogP contribution in [0.4, 0.5) is 0 Å². The third-order valence-corrected chi connectivity index (χ3v) is 6.25. The van der Waals surface area contributed by atoms with Crippen molar-refractivity contribution in [1.82, 2.24) is 0 Å². The Morgan fingerprint density at radius 1 is 0.958 bits per heavy atom. The van der Waals surface area contributed by atoms with Crippen LogP contribution in [-0.4, -0.2) is 5.75 Å². The van der Waals surface area contributed by atoms with Gasteiger partial charge in [-0.1, -0.05) is 68.2 Å². The summed E-state index contributed by atoms with van der Waals surface area (Å²) in [7, 11) is 0. The number of benzene rings is 2. The van der Waals surface area contributed by atoms with E-state index in [-0.39, 0.29) is 0 Å². The highest BCUT2D eigenvalue weighted by molar-refractivity contribution is 7.99. The summed E-state index contributed by atoms with van der Waals surface area (Å²) in [5.41, 5.74) is 2.59. The summed E-state index contributed by atoms with van der Waals surface area (Å²) in [6.45, 7) is 6.78. The predicted octanol–water partition coefficient (Wildman–Crippen LogP) is 7.55. The van der Waals surface area contributed by atoms with Gasteiger partial charge in [-0.2, -0.15) is 0 Å². The smallest absolute Gasteiger partial charge is 0.0541 e. The van der Waals surface area contributed by atoms with Crippen LogP contribution < -0.4 is 0 Å². The fraction of sp³-hybridized carbons (Fsp3) is 0.429. The molecule has 0 aromatic heterocycles. The Bertz CT molecular complexity index is 652. The molecule has 0 nitrogen and oxygen atoms in total. The zero-order chi connectivity index (χ0) is 17.5. The minimum absolute atomic E-state index is 0.573. The third-order valence-electron chi connectivity index (χ3n) is 4.05. The van der Waals surface area contributed by atoms with Gasteiger partial charge in [-0.05, 0) is 60.4 Å². The van der Waals surface area contributed by atoms with E-state index < -0.39 is 0 Å². The monoisotopic (exact) mass is 380 g/mol. The molecule has 0 fully saturated rings. The van der Waals surface area contributed by atoms with Crippen LogP contribution in [0.2, 0.25) is 10.0 Å². The SMILES string of the molecule is CC(C)CCc1ccc(CC(C)CSc2ccccc2Cl)cc1Cl. The first kappa shape index (κ1) is 19.7. The lowest BCUT2D eigenvalue weighted by atomic mass is 9.98. The summed E-state index contributed by atoms with van der Waals surface area (Å²) >= 11 is 14.5. The molecule has 2 aromatic carbocycles. The zero-order valence-corrected chi connectivity index (χ0v) is 17.0. The molecule has 0 saturated heterocycles. The van der Waals surface area contributed by atoms with Crippen molar-refractivity contribution in [1.29, 1.82) is 0 Å². The average Bonchev–Trinajstić information content (AvgIpc) is 2.53. The van der Waals surface area contributed by atoms with Gasteiger partial charge < -0.3 is 0 Å². The highest BCUT2D eigenvalue weighted by Crippen LogP contribution is 2.29. The molecular weight excluding hydrogens is 355 g/mol. The van der Waals surface area contributed by atoms with Crippen molar-refractivity contribution >= 4 is 35.0 Å². The van der Waals surface area contributed by atoms with Crippen LogP contribution in [0.5, 0.6) is 0 Å². The Labute approximate surface area is 161 Å². The molecule has 0 radical (unpaired) electrons. The number of rotatable bonds is 8. The molecule has 0 amide bonds. The molecule has 0 N–H and O–H groups in total. The van der Waals surface area contributed by atoms with E-state index in [2.05, 4.69) is 45.0 Å². The van der Waals surface area contributed by atoms with Crippen LogP contribution in [0.15, 0.2) is 47.4 Å².